The van der Waals surface area contributed by atoms with Gasteiger partial charge < -0.3 is 10.2 Å². The summed E-state index contributed by atoms with van der Waals surface area (Å²) in [5, 5.41) is 26.3. The zero-order valence-corrected chi connectivity index (χ0v) is 7.59. The number of hydrogen-bond donors (Lipinski definition) is 2. The normalized spacial score (nSPS) is 12.6. The third kappa shape index (κ3) is 2.35. The summed E-state index contributed by atoms with van der Waals surface area (Å²) in [5.74, 6) is -0.256. The zero-order valence-electron chi connectivity index (χ0n) is 7.59. The summed E-state index contributed by atoms with van der Waals surface area (Å²) in [6.07, 6.45) is 2.39. The Hall–Kier alpha value is -1.79. The van der Waals surface area contributed by atoms with Crippen LogP contribution in [0, 0.1) is 11.3 Å². The van der Waals surface area contributed by atoms with Gasteiger partial charge in [-0.25, -0.2) is 0 Å². The second-order valence-electron chi connectivity index (χ2n) is 2.87. The molecule has 0 amide bonds. The van der Waals surface area contributed by atoms with E-state index in [2.05, 4.69) is 0 Å². The lowest BCUT2D eigenvalue weighted by atomic mass is 9.98. The minimum Gasteiger partial charge on any atom is -0.516 e. The molecule has 0 radical (unpaired) electrons. The molecule has 0 spiro atoms. The highest BCUT2D eigenvalue weighted by atomic mass is 16.3. The Bertz CT molecular complexity index is 366. The number of aliphatic hydroxyl groups excluding tert-OH is 2. The number of nitriles is 1. The summed E-state index contributed by atoms with van der Waals surface area (Å²) in [7, 11) is 0. The lowest BCUT2D eigenvalue weighted by Crippen LogP contribution is -2.00. The second-order valence-corrected chi connectivity index (χ2v) is 2.87. The summed E-state index contributed by atoms with van der Waals surface area (Å²) in [4.78, 5) is 0. The first-order valence-corrected chi connectivity index (χ1v) is 4.23. The fourth-order valence-electron chi connectivity index (χ4n) is 1.22. The fourth-order valence-corrected chi connectivity index (χ4v) is 1.22. The molecular weight excluding hydrogens is 178 g/mol. The first-order chi connectivity index (χ1) is 6.81. The highest BCUT2D eigenvalue weighted by Gasteiger charge is 2.06. The van der Waals surface area contributed by atoms with Crippen molar-refractivity contribution in [3.05, 3.63) is 47.7 Å². The predicted octanol–water partition coefficient (Wildman–Crippen LogP) is 1.71. The van der Waals surface area contributed by atoms with Crippen molar-refractivity contribution < 1.29 is 10.2 Å². The predicted molar refractivity (Wildman–Crippen MR) is 52.8 cm³/mol. The molecule has 1 aromatic rings. The maximum atomic E-state index is 9.03. The van der Waals surface area contributed by atoms with Gasteiger partial charge in [0.25, 0.3) is 0 Å². The molecule has 0 bridgehead atoms. The van der Waals surface area contributed by atoms with Crippen LogP contribution < -0.4 is 0 Å². The van der Waals surface area contributed by atoms with Gasteiger partial charge in [-0.2, -0.15) is 5.26 Å². The van der Waals surface area contributed by atoms with Crippen molar-refractivity contribution in [2.75, 3.05) is 6.61 Å². The van der Waals surface area contributed by atoms with Crippen molar-refractivity contribution >= 4 is 0 Å². The SMILES string of the molecule is N#Cc1cccc(C(/C=C\O)CO)c1. The lowest BCUT2D eigenvalue weighted by molar-refractivity contribution is 0.281. The van der Waals surface area contributed by atoms with E-state index in [4.69, 9.17) is 15.5 Å². The Morgan fingerprint density at radius 3 is 2.86 bits per heavy atom. The van der Waals surface area contributed by atoms with Crippen LogP contribution in [-0.2, 0) is 0 Å². The second kappa shape index (κ2) is 5.05. The van der Waals surface area contributed by atoms with E-state index in [1.807, 2.05) is 12.1 Å². The average molecular weight is 189 g/mol. The van der Waals surface area contributed by atoms with E-state index < -0.39 is 0 Å². The summed E-state index contributed by atoms with van der Waals surface area (Å²) < 4.78 is 0. The summed E-state index contributed by atoms with van der Waals surface area (Å²) in [5.41, 5.74) is 1.36. The number of nitrogens with zero attached hydrogens (tertiary/aromatic N) is 1. The lowest BCUT2D eigenvalue weighted by Gasteiger charge is -2.08. The molecule has 0 aromatic heterocycles. The molecule has 0 saturated carbocycles. The van der Waals surface area contributed by atoms with Gasteiger partial charge in [-0.05, 0) is 23.8 Å². The molecule has 0 aliphatic heterocycles. The third-order valence-electron chi connectivity index (χ3n) is 1.96. The van der Waals surface area contributed by atoms with Gasteiger partial charge in [-0.1, -0.05) is 12.1 Å². The van der Waals surface area contributed by atoms with Crippen LogP contribution >= 0.6 is 0 Å². The van der Waals surface area contributed by atoms with Crippen molar-refractivity contribution in [1.29, 1.82) is 5.26 Å². The van der Waals surface area contributed by atoms with Gasteiger partial charge in [0.2, 0.25) is 0 Å². The van der Waals surface area contributed by atoms with E-state index in [1.54, 1.807) is 18.2 Å². The number of rotatable bonds is 3. The Kier molecular flexibility index (Phi) is 3.71. The van der Waals surface area contributed by atoms with Crippen molar-refractivity contribution in [2.24, 2.45) is 0 Å². The number of hydrogen-bond acceptors (Lipinski definition) is 3. The van der Waals surface area contributed by atoms with Crippen LogP contribution in [0.5, 0.6) is 0 Å². The molecular formula is C11H11NO2. The van der Waals surface area contributed by atoms with Gasteiger partial charge in [-0.3, -0.25) is 0 Å². The van der Waals surface area contributed by atoms with Crippen LogP contribution in [0.3, 0.4) is 0 Å². The van der Waals surface area contributed by atoms with Crippen molar-refractivity contribution in [1.82, 2.24) is 0 Å². The largest absolute Gasteiger partial charge is 0.516 e. The van der Waals surface area contributed by atoms with Gasteiger partial charge in [0.15, 0.2) is 0 Å². The topological polar surface area (TPSA) is 64.2 Å². The molecule has 14 heavy (non-hydrogen) atoms. The van der Waals surface area contributed by atoms with Crippen molar-refractivity contribution in [2.45, 2.75) is 5.92 Å². The van der Waals surface area contributed by atoms with E-state index in [0.717, 1.165) is 11.8 Å². The summed E-state index contributed by atoms with van der Waals surface area (Å²) in [6, 6.07) is 8.97. The highest BCUT2D eigenvalue weighted by molar-refractivity contribution is 5.35. The molecule has 0 aliphatic carbocycles. The smallest absolute Gasteiger partial charge is 0.0991 e. The molecule has 1 atom stereocenters. The maximum Gasteiger partial charge on any atom is 0.0991 e. The molecule has 3 heteroatoms. The molecule has 2 N–H and O–H groups in total. The minimum absolute atomic E-state index is 0.0913. The molecule has 0 aliphatic rings. The monoisotopic (exact) mass is 189 g/mol. The first kappa shape index (κ1) is 10.3. The number of benzene rings is 1. The Balaban J connectivity index is 2.99. The molecule has 3 nitrogen and oxygen atoms in total. The van der Waals surface area contributed by atoms with Crippen LogP contribution in [0.4, 0.5) is 0 Å². The molecule has 0 fully saturated rings. The fraction of sp³-hybridized carbons (Fsp3) is 0.182. The molecule has 1 unspecified atom stereocenters. The van der Waals surface area contributed by atoms with Gasteiger partial charge in [0.05, 0.1) is 24.5 Å². The molecule has 1 rings (SSSR count). The first-order valence-electron chi connectivity index (χ1n) is 4.23. The van der Waals surface area contributed by atoms with E-state index in [1.165, 1.54) is 6.08 Å². The van der Waals surface area contributed by atoms with Crippen molar-refractivity contribution in [3.63, 3.8) is 0 Å². The molecule has 0 heterocycles. The van der Waals surface area contributed by atoms with Gasteiger partial charge in [0, 0.05) is 5.92 Å². The molecule has 72 valence electrons. The van der Waals surface area contributed by atoms with E-state index in [0.29, 0.717) is 5.56 Å². The quantitative estimate of drug-likeness (QED) is 0.711. The van der Waals surface area contributed by atoms with Gasteiger partial charge >= 0.3 is 0 Å². The zero-order chi connectivity index (χ0) is 10.4. The summed E-state index contributed by atoms with van der Waals surface area (Å²) in [6.45, 7) is -0.0913. The highest BCUT2D eigenvalue weighted by Crippen LogP contribution is 2.17. The van der Waals surface area contributed by atoms with Crippen molar-refractivity contribution in [3.8, 4) is 6.07 Å². The van der Waals surface area contributed by atoms with E-state index in [9.17, 15) is 0 Å². The van der Waals surface area contributed by atoms with Crippen LogP contribution in [-0.4, -0.2) is 16.8 Å². The third-order valence-corrected chi connectivity index (χ3v) is 1.96. The number of aliphatic hydroxyl groups is 2. The summed E-state index contributed by atoms with van der Waals surface area (Å²) >= 11 is 0. The van der Waals surface area contributed by atoms with Crippen LogP contribution in [0.2, 0.25) is 0 Å². The van der Waals surface area contributed by atoms with Gasteiger partial charge in [-0.15, -0.1) is 0 Å². The average Bonchev–Trinajstić information content (AvgIpc) is 2.26. The Morgan fingerprint density at radius 1 is 1.50 bits per heavy atom. The standard InChI is InChI=1S/C11H11NO2/c12-7-9-2-1-3-10(6-9)11(8-14)4-5-13/h1-6,11,13-14H,8H2/b5-4-. The van der Waals surface area contributed by atoms with Gasteiger partial charge in [0.1, 0.15) is 0 Å². The molecule has 1 aromatic carbocycles. The Morgan fingerprint density at radius 2 is 2.29 bits per heavy atom. The van der Waals surface area contributed by atoms with E-state index >= 15 is 0 Å². The van der Waals surface area contributed by atoms with E-state index in [-0.39, 0.29) is 12.5 Å². The minimum atomic E-state index is -0.256. The Labute approximate surface area is 82.5 Å². The van der Waals surface area contributed by atoms with Crippen LogP contribution in [0.1, 0.15) is 17.0 Å². The maximum absolute atomic E-state index is 9.03. The van der Waals surface area contributed by atoms with Crippen LogP contribution in [0.25, 0.3) is 0 Å². The van der Waals surface area contributed by atoms with Crippen LogP contribution in [0.15, 0.2) is 36.6 Å². The molecule has 0 saturated heterocycles.